The summed E-state index contributed by atoms with van der Waals surface area (Å²) >= 11 is 0. The fourth-order valence-corrected chi connectivity index (χ4v) is 3.51. The number of Topliss-reactive ketones (excluding diaryl/α,β-unsaturated/α-hetero) is 1. The van der Waals surface area contributed by atoms with Crippen molar-refractivity contribution in [2.75, 3.05) is 6.54 Å². The fraction of sp³-hybridized carbons (Fsp3) is 0.120. The van der Waals surface area contributed by atoms with Crippen LogP contribution >= 0.6 is 0 Å². The Morgan fingerprint density at radius 3 is 2.16 bits per heavy atom. The minimum absolute atomic E-state index is 0.0280. The van der Waals surface area contributed by atoms with Gasteiger partial charge in [-0.3, -0.25) is 24.1 Å². The van der Waals surface area contributed by atoms with Crippen LogP contribution in [0.1, 0.15) is 37.9 Å². The van der Waals surface area contributed by atoms with E-state index in [1.807, 2.05) is 0 Å². The van der Waals surface area contributed by atoms with Crippen LogP contribution in [0.25, 0.3) is 0 Å². The van der Waals surface area contributed by atoms with Gasteiger partial charge in [0.05, 0.1) is 6.42 Å². The molecule has 0 spiro atoms. The standard InChI is InChI=1S/C25H19NO5/c27-21-15-19-13-7-8-14-20(19)25(30)26(21)16-22(28)31-24(18-11-5-2-6-12-18)23(29)17-9-3-1-4-10-17/h1-14,24H,15-16H2/t24-/m1/s1. The topological polar surface area (TPSA) is 80.8 Å². The van der Waals surface area contributed by atoms with Crippen LogP contribution in [0.3, 0.4) is 0 Å². The van der Waals surface area contributed by atoms with Gasteiger partial charge in [0.2, 0.25) is 11.7 Å². The Labute approximate surface area is 179 Å². The largest absolute Gasteiger partial charge is 0.448 e. The van der Waals surface area contributed by atoms with E-state index in [-0.39, 0.29) is 12.2 Å². The second-order valence-electron chi connectivity index (χ2n) is 7.13. The molecule has 0 saturated heterocycles. The molecule has 1 aliphatic rings. The van der Waals surface area contributed by atoms with Gasteiger partial charge in [-0.15, -0.1) is 0 Å². The molecule has 0 unspecified atom stereocenters. The maximum Gasteiger partial charge on any atom is 0.327 e. The van der Waals surface area contributed by atoms with Crippen molar-refractivity contribution in [1.29, 1.82) is 0 Å². The smallest absolute Gasteiger partial charge is 0.327 e. The van der Waals surface area contributed by atoms with Gasteiger partial charge in [0.1, 0.15) is 6.54 Å². The molecule has 0 saturated carbocycles. The molecule has 1 heterocycles. The number of esters is 1. The molecule has 0 N–H and O–H groups in total. The highest BCUT2D eigenvalue weighted by Crippen LogP contribution is 2.24. The molecule has 6 nitrogen and oxygen atoms in total. The molecule has 0 aliphatic carbocycles. The molecule has 0 aromatic heterocycles. The number of hydrogen-bond acceptors (Lipinski definition) is 5. The first kappa shape index (κ1) is 20.2. The second kappa shape index (κ2) is 8.75. The molecular formula is C25H19NO5. The van der Waals surface area contributed by atoms with Crippen LogP contribution in [0.4, 0.5) is 0 Å². The molecule has 0 bridgehead atoms. The molecule has 2 amide bonds. The summed E-state index contributed by atoms with van der Waals surface area (Å²) in [5.41, 5.74) is 1.91. The average molecular weight is 413 g/mol. The van der Waals surface area contributed by atoms with E-state index in [9.17, 15) is 19.2 Å². The fourth-order valence-electron chi connectivity index (χ4n) is 3.51. The van der Waals surface area contributed by atoms with Crippen molar-refractivity contribution in [3.63, 3.8) is 0 Å². The highest BCUT2D eigenvalue weighted by Gasteiger charge is 2.34. The number of ketones is 1. The van der Waals surface area contributed by atoms with Crippen LogP contribution in [-0.2, 0) is 20.7 Å². The normalized spacial score (nSPS) is 14.0. The first-order valence-corrected chi connectivity index (χ1v) is 9.81. The molecule has 0 radical (unpaired) electrons. The third kappa shape index (κ3) is 4.28. The molecule has 3 aromatic rings. The number of amides is 2. The SMILES string of the molecule is O=C(CN1C(=O)Cc2ccccc2C1=O)O[C@@H](C(=O)c1ccccc1)c1ccccc1. The summed E-state index contributed by atoms with van der Waals surface area (Å²) < 4.78 is 5.51. The number of fused-ring (bicyclic) bond motifs is 1. The minimum Gasteiger partial charge on any atom is -0.448 e. The predicted octanol–water partition coefficient (Wildman–Crippen LogP) is 3.38. The first-order chi connectivity index (χ1) is 15.0. The van der Waals surface area contributed by atoms with Gasteiger partial charge in [-0.1, -0.05) is 78.9 Å². The van der Waals surface area contributed by atoms with Crippen LogP contribution in [0.15, 0.2) is 84.9 Å². The molecule has 1 atom stereocenters. The Hall–Kier alpha value is -4.06. The number of benzene rings is 3. The van der Waals surface area contributed by atoms with E-state index in [4.69, 9.17) is 4.74 Å². The number of rotatable bonds is 6. The Morgan fingerprint density at radius 1 is 0.839 bits per heavy atom. The highest BCUT2D eigenvalue weighted by molar-refractivity contribution is 6.11. The Kier molecular flexibility index (Phi) is 5.71. The summed E-state index contributed by atoms with van der Waals surface area (Å²) in [5.74, 6) is -2.25. The lowest BCUT2D eigenvalue weighted by atomic mass is 9.98. The Morgan fingerprint density at radius 2 is 1.45 bits per heavy atom. The molecule has 4 rings (SSSR count). The molecule has 31 heavy (non-hydrogen) atoms. The van der Waals surface area contributed by atoms with E-state index >= 15 is 0 Å². The van der Waals surface area contributed by atoms with Crippen LogP contribution in [-0.4, -0.2) is 35.0 Å². The molecule has 3 aromatic carbocycles. The number of carbonyl (C=O) groups excluding carboxylic acids is 4. The summed E-state index contributed by atoms with van der Waals surface area (Å²) in [6, 6.07) is 23.9. The van der Waals surface area contributed by atoms with Crippen molar-refractivity contribution in [3.8, 4) is 0 Å². The zero-order valence-electron chi connectivity index (χ0n) is 16.6. The number of imide groups is 1. The van der Waals surface area contributed by atoms with Crippen molar-refractivity contribution in [2.24, 2.45) is 0 Å². The third-order valence-corrected chi connectivity index (χ3v) is 5.07. The quantitative estimate of drug-likeness (QED) is 0.352. The lowest BCUT2D eigenvalue weighted by Gasteiger charge is -2.26. The number of carbonyl (C=O) groups is 4. The number of nitrogens with zero attached hydrogens (tertiary/aromatic N) is 1. The maximum atomic E-state index is 13.0. The Bertz CT molecular complexity index is 1140. The van der Waals surface area contributed by atoms with E-state index in [1.54, 1.807) is 84.9 Å². The molecular weight excluding hydrogens is 394 g/mol. The summed E-state index contributed by atoms with van der Waals surface area (Å²) in [6.07, 6.45) is -1.15. The molecule has 154 valence electrons. The van der Waals surface area contributed by atoms with Gasteiger partial charge in [0.15, 0.2) is 6.10 Å². The van der Waals surface area contributed by atoms with E-state index < -0.39 is 30.4 Å². The van der Waals surface area contributed by atoms with Gasteiger partial charge in [0, 0.05) is 16.7 Å². The summed E-state index contributed by atoms with van der Waals surface area (Å²) in [4.78, 5) is 51.8. The van der Waals surface area contributed by atoms with Crippen LogP contribution in [0.2, 0.25) is 0 Å². The zero-order valence-corrected chi connectivity index (χ0v) is 16.6. The third-order valence-electron chi connectivity index (χ3n) is 5.07. The van der Waals surface area contributed by atoms with Crippen molar-refractivity contribution in [3.05, 3.63) is 107 Å². The second-order valence-corrected chi connectivity index (χ2v) is 7.13. The van der Waals surface area contributed by atoms with Gasteiger partial charge >= 0.3 is 5.97 Å². The molecule has 6 heteroatoms. The van der Waals surface area contributed by atoms with Crippen LogP contribution in [0, 0.1) is 0 Å². The van der Waals surface area contributed by atoms with E-state index in [0.29, 0.717) is 22.3 Å². The van der Waals surface area contributed by atoms with Crippen molar-refractivity contribution >= 4 is 23.6 Å². The van der Waals surface area contributed by atoms with Crippen molar-refractivity contribution < 1.29 is 23.9 Å². The first-order valence-electron chi connectivity index (χ1n) is 9.81. The number of ether oxygens (including phenoxy) is 1. The Balaban J connectivity index is 1.55. The zero-order chi connectivity index (χ0) is 21.8. The van der Waals surface area contributed by atoms with Gasteiger partial charge in [-0.25, -0.2) is 0 Å². The van der Waals surface area contributed by atoms with Crippen LogP contribution < -0.4 is 0 Å². The average Bonchev–Trinajstić information content (AvgIpc) is 2.81. The van der Waals surface area contributed by atoms with E-state index in [2.05, 4.69) is 0 Å². The van der Waals surface area contributed by atoms with E-state index in [1.165, 1.54) is 0 Å². The van der Waals surface area contributed by atoms with E-state index in [0.717, 1.165) is 4.90 Å². The summed E-state index contributed by atoms with van der Waals surface area (Å²) in [5, 5.41) is 0. The lowest BCUT2D eigenvalue weighted by Crippen LogP contribution is -2.45. The molecule has 0 fully saturated rings. The minimum atomic E-state index is -1.18. The van der Waals surface area contributed by atoms with Gasteiger partial charge in [-0.2, -0.15) is 0 Å². The summed E-state index contributed by atoms with van der Waals surface area (Å²) in [7, 11) is 0. The van der Waals surface area contributed by atoms with Crippen molar-refractivity contribution in [2.45, 2.75) is 12.5 Å². The summed E-state index contributed by atoms with van der Waals surface area (Å²) in [6.45, 7) is -0.558. The highest BCUT2D eigenvalue weighted by atomic mass is 16.5. The van der Waals surface area contributed by atoms with Gasteiger partial charge in [0.25, 0.3) is 5.91 Å². The lowest BCUT2D eigenvalue weighted by molar-refractivity contribution is -0.151. The number of hydrogen-bond donors (Lipinski definition) is 0. The predicted molar refractivity (Wildman–Crippen MR) is 112 cm³/mol. The van der Waals surface area contributed by atoms with Crippen molar-refractivity contribution in [1.82, 2.24) is 4.90 Å². The maximum absolute atomic E-state index is 13.0. The van der Waals surface area contributed by atoms with Gasteiger partial charge in [-0.05, 0) is 11.6 Å². The monoisotopic (exact) mass is 413 g/mol. The molecule has 1 aliphatic heterocycles. The van der Waals surface area contributed by atoms with Crippen LogP contribution in [0.5, 0.6) is 0 Å². The van der Waals surface area contributed by atoms with Gasteiger partial charge < -0.3 is 4.74 Å².